The minimum Gasteiger partial charge on any atom is -0.351 e. The highest BCUT2D eigenvalue weighted by Crippen LogP contribution is 2.15. The van der Waals surface area contributed by atoms with Crippen LogP contribution in [0.4, 0.5) is 0 Å². The summed E-state index contributed by atoms with van der Waals surface area (Å²) in [7, 11) is -3.45. The van der Waals surface area contributed by atoms with E-state index < -0.39 is 20.5 Å². The molecule has 3 N–H and O–H groups in total. The van der Waals surface area contributed by atoms with Crippen LogP contribution >= 0.6 is 0 Å². The number of nitrogens with two attached hydrogens (primary N) is 1. The molecule has 106 valence electrons. The summed E-state index contributed by atoms with van der Waals surface area (Å²) in [4.78, 5) is 11.9. The molecule has 0 saturated heterocycles. The van der Waals surface area contributed by atoms with Crippen LogP contribution in [0.1, 0.15) is 25.0 Å². The lowest BCUT2D eigenvalue weighted by Gasteiger charge is -2.21. The van der Waals surface area contributed by atoms with Gasteiger partial charge in [-0.25, -0.2) is 8.42 Å². The molecule has 1 amide bonds. The first-order chi connectivity index (χ1) is 8.68. The van der Waals surface area contributed by atoms with Crippen molar-refractivity contribution in [3.05, 3.63) is 35.4 Å². The van der Waals surface area contributed by atoms with Crippen molar-refractivity contribution >= 4 is 15.7 Å². The Balaban J connectivity index is 2.69. The van der Waals surface area contributed by atoms with Gasteiger partial charge in [-0.3, -0.25) is 4.79 Å². The van der Waals surface area contributed by atoms with E-state index in [9.17, 15) is 13.2 Å². The Morgan fingerprint density at radius 2 is 1.68 bits per heavy atom. The number of benzene rings is 1. The number of carbonyl (C=O) groups is 1. The summed E-state index contributed by atoms with van der Waals surface area (Å²) in [5, 5.41) is 2.63. The molecule has 0 aliphatic carbocycles. The standard InChI is InChI=1S/C13H20N2O3S/c1-13(2,19(3,17)18)12(16)15-9-11-6-4-10(8-14)5-7-11/h4-7H,8-9,14H2,1-3H3,(H,15,16). The second kappa shape index (κ2) is 5.71. The van der Waals surface area contributed by atoms with Crippen molar-refractivity contribution in [1.29, 1.82) is 0 Å². The first-order valence-corrected chi connectivity index (χ1v) is 7.83. The molecule has 0 atom stereocenters. The molecule has 0 fully saturated rings. The van der Waals surface area contributed by atoms with Gasteiger partial charge in [0.25, 0.3) is 0 Å². The van der Waals surface area contributed by atoms with Crippen LogP contribution in [0, 0.1) is 0 Å². The van der Waals surface area contributed by atoms with Crippen molar-refractivity contribution < 1.29 is 13.2 Å². The number of hydrogen-bond donors (Lipinski definition) is 2. The molecule has 0 aliphatic rings. The van der Waals surface area contributed by atoms with Gasteiger partial charge in [-0.15, -0.1) is 0 Å². The molecule has 0 radical (unpaired) electrons. The number of hydrogen-bond acceptors (Lipinski definition) is 4. The summed E-state index contributed by atoms with van der Waals surface area (Å²) in [6.45, 7) is 3.56. The summed E-state index contributed by atoms with van der Waals surface area (Å²) in [5.41, 5.74) is 7.39. The van der Waals surface area contributed by atoms with E-state index in [0.717, 1.165) is 17.4 Å². The quantitative estimate of drug-likeness (QED) is 0.828. The van der Waals surface area contributed by atoms with E-state index in [4.69, 9.17) is 5.73 Å². The number of rotatable bonds is 5. The summed E-state index contributed by atoms with van der Waals surface area (Å²) >= 11 is 0. The van der Waals surface area contributed by atoms with E-state index in [-0.39, 0.29) is 0 Å². The molecule has 0 bridgehead atoms. The molecule has 0 aliphatic heterocycles. The largest absolute Gasteiger partial charge is 0.351 e. The fraction of sp³-hybridized carbons (Fsp3) is 0.462. The third-order valence-electron chi connectivity index (χ3n) is 3.19. The number of amides is 1. The lowest BCUT2D eigenvalue weighted by Crippen LogP contribution is -2.47. The van der Waals surface area contributed by atoms with Gasteiger partial charge in [-0.2, -0.15) is 0 Å². The Kier molecular flexibility index (Phi) is 4.70. The fourth-order valence-electron chi connectivity index (χ4n) is 1.36. The van der Waals surface area contributed by atoms with Crippen LogP contribution in [0.5, 0.6) is 0 Å². The van der Waals surface area contributed by atoms with Crippen molar-refractivity contribution in [2.75, 3.05) is 6.26 Å². The second-order valence-electron chi connectivity index (χ2n) is 4.99. The highest BCUT2D eigenvalue weighted by atomic mass is 32.2. The predicted octanol–water partition coefficient (Wildman–Crippen LogP) is 0.585. The van der Waals surface area contributed by atoms with Gasteiger partial charge in [0.2, 0.25) is 5.91 Å². The maximum absolute atomic E-state index is 11.9. The SMILES string of the molecule is CC(C)(C(=O)NCc1ccc(CN)cc1)S(C)(=O)=O. The van der Waals surface area contributed by atoms with Gasteiger partial charge in [0.15, 0.2) is 9.84 Å². The molecule has 0 unspecified atom stereocenters. The predicted molar refractivity (Wildman–Crippen MR) is 75.1 cm³/mol. The second-order valence-corrected chi connectivity index (χ2v) is 7.55. The van der Waals surface area contributed by atoms with Crippen LogP contribution in [-0.4, -0.2) is 25.3 Å². The number of nitrogens with one attached hydrogen (secondary N) is 1. The van der Waals surface area contributed by atoms with Gasteiger partial charge >= 0.3 is 0 Å². The number of sulfone groups is 1. The van der Waals surface area contributed by atoms with Crippen molar-refractivity contribution in [2.24, 2.45) is 5.73 Å². The molecule has 0 saturated carbocycles. The summed E-state index contributed by atoms with van der Waals surface area (Å²) < 4.78 is 21.6. The maximum Gasteiger partial charge on any atom is 0.241 e. The molecule has 0 aromatic heterocycles. The molecular weight excluding hydrogens is 264 g/mol. The first kappa shape index (κ1) is 15.7. The van der Waals surface area contributed by atoms with Gasteiger partial charge in [0.1, 0.15) is 4.75 Å². The summed E-state index contributed by atoms with van der Waals surface area (Å²) in [5.74, 6) is -0.502. The topological polar surface area (TPSA) is 89.3 Å². The first-order valence-electron chi connectivity index (χ1n) is 5.94. The molecule has 1 aromatic rings. The molecular formula is C13H20N2O3S. The Morgan fingerprint density at radius 1 is 1.21 bits per heavy atom. The molecule has 1 aromatic carbocycles. The lowest BCUT2D eigenvalue weighted by molar-refractivity contribution is -0.123. The van der Waals surface area contributed by atoms with E-state index in [1.54, 1.807) is 0 Å². The van der Waals surface area contributed by atoms with E-state index >= 15 is 0 Å². The van der Waals surface area contributed by atoms with Crippen LogP contribution in [0.3, 0.4) is 0 Å². The van der Waals surface area contributed by atoms with Crippen molar-refractivity contribution in [2.45, 2.75) is 31.7 Å². The minimum atomic E-state index is -3.45. The molecule has 19 heavy (non-hydrogen) atoms. The molecule has 5 nitrogen and oxygen atoms in total. The van der Waals surface area contributed by atoms with Crippen LogP contribution in [0.2, 0.25) is 0 Å². The van der Waals surface area contributed by atoms with E-state index in [1.165, 1.54) is 13.8 Å². The van der Waals surface area contributed by atoms with Gasteiger partial charge in [-0.1, -0.05) is 24.3 Å². The third-order valence-corrected chi connectivity index (χ3v) is 5.22. The van der Waals surface area contributed by atoms with Gasteiger partial charge in [-0.05, 0) is 25.0 Å². The highest BCUT2D eigenvalue weighted by molar-refractivity contribution is 7.92. The Morgan fingerprint density at radius 3 is 2.11 bits per heavy atom. The van der Waals surface area contributed by atoms with Crippen molar-refractivity contribution in [1.82, 2.24) is 5.32 Å². The van der Waals surface area contributed by atoms with Crippen molar-refractivity contribution in [3.8, 4) is 0 Å². The molecule has 0 spiro atoms. The van der Waals surface area contributed by atoms with Crippen LogP contribution in [-0.2, 0) is 27.7 Å². The zero-order chi connectivity index (χ0) is 14.7. The Labute approximate surface area is 114 Å². The Hall–Kier alpha value is -1.40. The lowest BCUT2D eigenvalue weighted by atomic mass is 10.1. The number of carbonyl (C=O) groups excluding carboxylic acids is 1. The zero-order valence-corrected chi connectivity index (χ0v) is 12.3. The third kappa shape index (κ3) is 3.78. The summed E-state index contributed by atoms with van der Waals surface area (Å²) in [6.07, 6.45) is 1.06. The maximum atomic E-state index is 11.9. The van der Waals surface area contributed by atoms with Crippen LogP contribution < -0.4 is 11.1 Å². The van der Waals surface area contributed by atoms with E-state index in [1.807, 2.05) is 24.3 Å². The van der Waals surface area contributed by atoms with E-state index in [0.29, 0.717) is 13.1 Å². The van der Waals surface area contributed by atoms with Gasteiger partial charge < -0.3 is 11.1 Å². The van der Waals surface area contributed by atoms with Crippen LogP contribution in [0.25, 0.3) is 0 Å². The highest BCUT2D eigenvalue weighted by Gasteiger charge is 2.38. The average Bonchev–Trinajstić information content (AvgIpc) is 2.35. The summed E-state index contributed by atoms with van der Waals surface area (Å²) in [6, 6.07) is 7.47. The zero-order valence-electron chi connectivity index (χ0n) is 11.4. The van der Waals surface area contributed by atoms with E-state index in [2.05, 4.69) is 5.32 Å². The van der Waals surface area contributed by atoms with Gasteiger partial charge in [0.05, 0.1) is 0 Å². The minimum absolute atomic E-state index is 0.294. The van der Waals surface area contributed by atoms with Gasteiger partial charge in [0, 0.05) is 19.3 Å². The molecule has 0 heterocycles. The Bertz CT molecular complexity index is 548. The average molecular weight is 284 g/mol. The molecule has 6 heteroatoms. The van der Waals surface area contributed by atoms with Crippen LogP contribution in [0.15, 0.2) is 24.3 Å². The van der Waals surface area contributed by atoms with Crippen molar-refractivity contribution in [3.63, 3.8) is 0 Å². The monoisotopic (exact) mass is 284 g/mol. The molecule has 1 rings (SSSR count). The smallest absolute Gasteiger partial charge is 0.241 e. The normalized spacial score (nSPS) is 12.2. The fourth-order valence-corrected chi connectivity index (χ4v) is 1.77.